The van der Waals surface area contributed by atoms with Gasteiger partial charge in [-0.1, -0.05) is 25.3 Å². The van der Waals surface area contributed by atoms with E-state index in [2.05, 4.69) is 27.3 Å². The highest BCUT2D eigenvalue weighted by Crippen LogP contribution is 2.29. The maximum absolute atomic E-state index is 12.9. The highest BCUT2D eigenvalue weighted by molar-refractivity contribution is 7.11. The molecular weight excluding hydrogens is 422 g/mol. The molecule has 7 nitrogen and oxygen atoms in total. The first-order chi connectivity index (χ1) is 15.7. The van der Waals surface area contributed by atoms with E-state index < -0.39 is 0 Å². The van der Waals surface area contributed by atoms with Gasteiger partial charge >= 0.3 is 0 Å². The second-order valence-electron chi connectivity index (χ2n) is 9.06. The van der Waals surface area contributed by atoms with Crippen LogP contribution in [0.15, 0.2) is 35.8 Å². The van der Waals surface area contributed by atoms with Gasteiger partial charge in [-0.15, -0.1) is 11.3 Å². The lowest BCUT2D eigenvalue weighted by Crippen LogP contribution is -2.52. The Labute approximate surface area is 193 Å². The van der Waals surface area contributed by atoms with Gasteiger partial charge in [-0.2, -0.15) is 0 Å². The number of aromatic nitrogens is 1. The molecule has 0 radical (unpaired) electrons. The molecular formula is C24H31N5O2S. The number of carbonyl (C=O) groups is 2. The van der Waals surface area contributed by atoms with E-state index in [4.69, 9.17) is 0 Å². The fourth-order valence-electron chi connectivity index (χ4n) is 5.18. The van der Waals surface area contributed by atoms with Crippen LogP contribution in [0.2, 0.25) is 0 Å². The van der Waals surface area contributed by atoms with Crippen molar-refractivity contribution in [3.8, 4) is 0 Å². The van der Waals surface area contributed by atoms with E-state index in [9.17, 15) is 9.59 Å². The van der Waals surface area contributed by atoms with Gasteiger partial charge in [0.25, 0.3) is 5.91 Å². The normalized spacial score (nSPS) is 23.0. The van der Waals surface area contributed by atoms with Crippen molar-refractivity contribution in [1.29, 1.82) is 0 Å². The van der Waals surface area contributed by atoms with E-state index in [1.54, 1.807) is 6.20 Å². The Hall–Kier alpha value is -2.45. The fourth-order valence-corrected chi connectivity index (χ4v) is 5.79. The molecule has 8 heteroatoms. The van der Waals surface area contributed by atoms with Crippen molar-refractivity contribution in [1.82, 2.24) is 14.8 Å². The third-order valence-electron chi connectivity index (χ3n) is 6.97. The Bertz CT molecular complexity index is 936. The molecule has 1 unspecified atom stereocenters. The third kappa shape index (κ3) is 4.66. The standard InChI is InChI=1S/C24H31N5O2S/c30-22-16-21(27-10-12-28(13-11-27)24(31)23-25-9-14-32-23)17-29(22)20-8-4-7-19(15-20)26-18-5-2-1-3-6-18/h4,7-9,14-15,18,21,26H,1-3,5-6,10-13,16-17H2. The highest BCUT2D eigenvalue weighted by Gasteiger charge is 2.36. The van der Waals surface area contributed by atoms with Gasteiger partial charge in [0.15, 0.2) is 5.01 Å². The molecule has 0 bridgehead atoms. The monoisotopic (exact) mass is 453 g/mol. The van der Waals surface area contributed by atoms with E-state index in [1.165, 1.54) is 43.4 Å². The smallest absolute Gasteiger partial charge is 0.282 e. The molecule has 1 aliphatic carbocycles. The van der Waals surface area contributed by atoms with Crippen LogP contribution in [-0.2, 0) is 4.79 Å². The molecule has 170 valence electrons. The molecule has 5 rings (SSSR count). The molecule has 32 heavy (non-hydrogen) atoms. The van der Waals surface area contributed by atoms with E-state index in [-0.39, 0.29) is 17.9 Å². The summed E-state index contributed by atoms with van der Waals surface area (Å²) in [7, 11) is 0. The largest absolute Gasteiger partial charge is 0.382 e. The molecule has 1 N–H and O–H groups in total. The van der Waals surface area contributed by atoms with Gasteiger partial charge in [0, 0.05) is 74.2 Å². The molecule has 2 saturated heterocycles. The van der Waals surface area contributed by atoms with Gasteiger partial charge in [-0.05, 0) is 31.0 Å². The maximum atomic E-state index is 12.9. The number of rotatable bonds is 5. The molecule has 3 heterocycles. The van der Waals surface area contributed by atoms with Crippen LogP contribution in [0.1, 0.15) is 48.3 Å². The van der Waals surface area contributed by atoms with Crippen molar-refractivity contribution in [2.24, 2.45) is 0 Å². The number of thiazole rings is 1. The Morgan fingerprint density at radius 2 is 1.91 bits per heavy atom. The second-order valence-corrected chi connectivity index (χ2v) is 9.95. The summed E-state index contributed by atoms with van der Waals surface area (Å²) in [5, 5.41) is 6.06. The van der Waals surface area contributed by atoms with Crippen LogP contribution >= 0.6 is 11.3 Å². The zero-order chi connectivity index (χ0) is 21.9. The number of carbonyl (C=O) groups excluding carboxylic acids is 2. The van der Waals surface area contributed by atoms with Crippen molar-refractivity contribution in [2.75, 3.05) is 42.9 Å². The van der Waals surface area contributed by atoms with Crippen molar-refractivity contribution in [3.63, 3.8) is 0 Å². The van der Waals surface area contributed by atoms with Crippen LogP contribution in [-0.4, -0.2) is 71.4 Å². The maximum Gasteiger partial charge on any atom is 0.282 e. The minimum atomic E-state index is 0.0195. The van der Waals surface area contributed by atoms with Gasteiger partial charge in [-0.25, -0.2) is 4.98 Å². The number of piperazine rings is 1. The van der Waals surface area contributed by atoms with Crippen molar-refractivity contribution in [3.05, 3.63) is 40.8 Å². The SMILES string of the molecule is O=C(c1nccs1)N1CCN(C2CC(=O)N(c3cccc(NC4CCCCC4)c3)C2)CC1. The van der Waals surface area contributed by atoms with Gasteiger partial charge < -0.3 is 15.1 Å². The number of amides is 2. The van der Waals surface area contributed by atoms with Crippen molar-refractivity contribution < 1.29 is 9.59 Å². The van der Waals surface area contributed by atoms with Crippen molar-refractivity contribution in [2.45, 2.75) is 50.6 Å². The first kappa shape index (κ1) is 21.4. The molecule has 1 aromatic heterocycles. The van der Waals surface area contributed by atoms with Crippen LogP contribution in [0.5, 0.6) is 0 Å². The summed E-state index contributed by atoms with van der Waals surface area (Å²) in [5.74, 6) is 0.206. The predicted molar refractivity (Wildman–Crippen MR) is 127 cm³/mol. The van der Waals surface area contributed by atoms with Crippen LogP contribution in [0.4, 0.5) is 11.4 Å². The minimum Gasteiger partial charge on any atom is -0.382 e. The fraction of sp³-hybridized carbons (Fsp3) is 0.542. The molecule has 0 spiro atoms. The third-order valence-corrected chi connectivity index (χ3v) is 7.73. The first-order valence-electron chi connectivity index (χ1n) is 11.8. The van der Waals surface area contributed by atoms with Gasteiger partial charge in [0.1, 0.15) is 0 Å². The Morgan fingerprint density at radius 3 is 2.66 bits per heavy atom. The van der Waals surface area contributed by atoms with E-state index >= 15 is 0 Å². The number of hydrogen-bond donors (Lipinski definition) is 1. The summed E-state index contributed by atoms with van der Waals surface area (Å²) in [6.45, 7) is 3.68. The average Bonchev–Trinajstić information content (AvgIpc) is 3.50. The topological polar surface area (TPSA) is 68.8 Å². The number of hydrogen-bond acceptors (Lipinski definition) is 6. The summed E-state index contributed by atoms with van der Waals surface area (Å²) in [6.07, 6.45) is 8.61. The molecule has 3 aliphatic rings. The zero-order valence-electron chi connectivity index (χ0n) is 18.4. The van der Waals surface area contributed by atoms with Gasteiger partial charge in [0.2, 0.25) is 5.91 Å². The number of anilines is 2. The quantitative estimate of drug-likeness (QED) is 0.751. The lowest BCUT2D eigenvalue weighted by molar-refractivity contribution is -0.117. The second kappa shape index (κ2) is 9.58. The van der Waals surface area contributed by atoms with Crippen LogP contribution in [0, 0.1) is 0 Å². The van der Waals surface area contributed by atoms with Gasteiger partial charge in [-0.3, -0.25) is 14.5 Å². The Kier molecular flexibility index (Phi) is 6.41. The van der Waals surface area contributed by atoms with E-state index in [1.807, 2.05) is 27.3 Å². The number of benzene rings is 1. The van der Waals surface area contributed by atoms with Crippen LogP contribution in [0.25, 0.3) is 0 Å². The predicted octanol–water partition coefficient (Wildman–Crippen LogP) is 3.45. The zero-order valence-corrected chi connectivity index (χ0v) is 19.2. The van der Waals surface area contributed by atoms with Crippen molar-refractivity contribution >= 4 is 34.5 Å². The Balaban J connectivity index is 1.18. The summed E-state index contributed by atoms with van der Waals surface area (Å²) >= 11 is 1.39. The molecule has 2 aliphatic heterocycles. The number of nitrogens with one attached hydrogen (secondary N) is 1. The summed E-state index contributed by atoms with van der Waals surface area (Å²) in [4.78, 5) is 35.7. The highest BCUT2D eigenvalue weighted by atomic mass is 32.1. The molecule has 2 amide bonds. The molecule has 1 aromatic carbocycles. The summed E-state index contributed by atoms with van der Waals surface area (Å²) < 4.78 is 0. The van der Waals surface area contributed by atoms with Crippen LogP contribution in [0.3, 0.4) is 0 Å². The molecule has 1 saturated carbocycles. The van der Waals surface area contributed by atoms with Gasteiger partial charge in [0.05, 0.1) is 0 Å². The summed E-state index contributed by atoms with van der Waals surface area (Å²) in [6, 6.07) is 9.06. The number of nitrogens with zero attached hydrogens (tertiary/aromatic N) is 4. The molecule has 1 atom stereocenters. The van der Waals surface area contributed by atoms with E-state index in [0.717, 1.165) is 24.5 Å². The molecule has 2 aromatic rings. The molecule has 3 fully saturated rings. The lowest BCUT2D eigenvalue weighted by Gasteiger charge is -2.37. The average molecular weight is 454 g/mol. The Morgan fingerprint density at radius 1 is 1.09 bits per heavy atom. The van der Waals surface area contributed by atoms with E-state index in [0.29, 0.717) is 37.1 Å². The van der Waals surface area contributed by atoms with Crippen LogP contribution < -0.4 is 10.2 Å². The lowest BCUT2D eigenvalue weighted by atomic mass is 9.95. The summed E-state index contributed by atoms with van der Waals surface area (Å²) in [5.41, 5.74) is 2.09. The first-order valence-corrected chi connectivity index (χ1v) is 12.6. The minimum absolute atomic E-state index is 0.0195.